The Hall–Kier alpha value is -3.48. The second-order valence-corrected chi connectivity index (χ2v) is 7.58. The summed E-state index contributed by atoms with van der Waals surface area (Å²) < 4.78 is 1.56. The molecule has 0 aliphatic carbocycles. The van der Waals surface area contributed by atoms with Crippen LogP contribution >= 0.6 is 0 Å². The van der Waals surface area contributed by atoms with Crippen molar-refractivity contribution in [3.8, 4) is 0 Å². The van der Waals surface area contributed by atoms with E-state index in [1.165, 1.54) is 0 Å². The molecular formula is C22H25N5O2. The first-order chi connectivity index (χ1) is 14.0. The zero-order valence-corrected chi connectivity index (χ0v) is 16.6. The number of para-hydroxylation sites is 1. The number of nitrogens with one attached hydrogen (secondary N) is 2. The Bertz CT molecular complexity index is 1020. The fourth-order valence-electron chi connectivity index (χ4n) is 3.80. The topological polar surface area (TPSA) is 92.4 Å². The largest absolute Gasteiger partial charge is 0.387 e. The highest BCUT2D eigenvalue weighted by molar-refractivity contribution is 6.09. The lowest BCUT2D eigenvalue weighted by Crippen LogP contribution is -2.42. The normalized spacial score (nSPS) is 15.8. The Morgan fingerprint density at radius 1 is 1.21 bits per heavy atom. The number of nitrogens with zero attached hydrogens (tertiary/aromatic N) is 2. The van der Waals surface area contributed by atoms with Gasteiger partial charge in [-0.1, -0.05) is 38.1 Å². The highest BCUT2D eigenvalue weighted by Crippen LogP contribution is 2.38. The molecular weight excluding hydrogens is 366 g/mol. The Labute approximate surface area is 169 Å². The number of Topliss-reactive ketones (excluding diaryl/α,β-unsaturated/α-hetero) is 1. The summed E-state index contributed by atoms with van der Waals surface area (Å²) in [5.74, 6) is 6.16. The molecule has 1 aromatic heterocycles. The minimum atomic E-state index is -0.179. The highest BCUT2D eigenvalue weighted by atomic mass is 16.2. The number of benzene rings is 1. The number of carbonyl (C=O) groups is 2. The molecule has 0 radical (unpaired) electrons. The lowest BCUT2D eigenvalue weighted by molar-refractivity contribution is -0.134. The fourth-order valence-corrected chi connectivity index (χ4v) is 3.80. The predicted molar refractivity (Wildman–Crippen MR) is 114 cm³/mol. The number of nitrogens with two attached hydrogens (primary N) is 1. The van der Waals surface area contributed by atoms with E-state index >= 15 is 0 Å². The Balaban J connectivity index is 1.85. The maximum absolute atomic E-state index is 13.1. The molecule has 4 N–H and O–H groups in total. The van der Waals surface area contributed by atoms with E-state index in [2.05, 4.69) is 10.6 Å². The Morgan fingerprint density at radius 2 is 1.97 bits per heavy atom. The van der Waals surface area contributed by atoms with Crippen LogP contribution in [0.1, 0.15) is 35.6 Å². The molecule has 0 spiro atoms. The van der Waals surface area contributed by atoms with Gasteiger partial charge >= 0.3 is 0 Å². The van der Waals surface area contributed by atoms with Gasteiger partial charge in [-0.15, -0.1) is 0 Å². The predicted octanol–water partition coefficient (Wildman–Crippen LogP) is 2.63. The lowest BCUT2D eigenvalue weighted by Gasteiger charge is -2.28. The second kappa shape index (κ2) is 7.50. The summed E-state index contributed by atoms with van der Waals surface area (Å²) in [7, 11) is 0. The molecule has 2 aliphatic heterocycles. The smallest absolute Gasteiger partial charge is 0.225 e. The van der Waals surface area contributed by atoms with E-state index in [-0.39, 0.29) is 24.2 Å². The van der Waals surface area contributed by atoms with Crippen LogP contribution in [-0.4, -0.2) is 34.4 Å². The molecule has 4 rings (SSSR count). The standard InChI is InChI=1S/C22H25N5O2/c1-14(2)22(29)26-12-17-19(18(28)13-26)20(25-16-6-4-3-5-7-16)21(27(17)23)15-8-10-24-11-9-15/h3-10,14,24-25H,11-13,23H2,1-2H3. The third-order valence-electron chi connectivity index (χ3n) is 5.20. The summed E-state index contributed by atoms with van der Waals surface area (Å²) in [6.07, 6.45) is 5.83. The third-order valence-corrected chi connectivity index (χ3v) is 5.20. The second-order valence-electron chi connectivity index (χ2n) is 7.58. The van der Waals surface area contributed by atoms with Gasteiger partial charge in [0, 0.05) is 23.7 Å². The van der Waals surface area contributed by atoms with Gasteiger partial charge in [0.15, 0.2) is 5.78 Å². The number of carbonyl (C=O) groups excluding carboxylic acids is 2. The molecule has 7 nitrogen and oxygen atoms in total. The minimum Gasteiger partial charge on any atom is -0.387 e. The number of dihydropyridines is 1. The van der Waals surface area contributed by atoms with E-state index in [0.29, 0.717) is 30.0 Å². The van der Waals surface area contributed by atoms with E-state index in [1.807, 2.05) is 62.5 Å². The number of nitrogen functional groups attached to an aromatic ring is 1. The van der Waals surface area contributed by atoms with Gasteiger partial charge in [-0.25, -0.2) is 0 Å². The molecule has 0 saturated carbocycles. The summed E-state index contributed by atoms with van der Waals surface area (Å²) >= 11 is 0. The van der Waals surface area contributed by atoms with Gasteiger partial charge in [-0.2, -0.15) is 0 Å². The molecule has 0 unspecified atom stereocenters. The van der Waals surface area contributed by atoms with Gasteiger partial charge in [-0.3, -0.25) is 14.3 Å². The number of ketones is 1. The van der Waals surface area contributed by atoms with E-state index in [1.54, 1.807) is 9.58 Å². The van der Waals surface area contributed by atoms with Gasteiger partial charge in [0.25, 0.3) is 0 Å². The summed E-state index contributed by atoms with van der Waals surface area (Å²) in [5, 5.41) is 6.53. The number of anilines is 2. The SMILES string of the molecule is CC(C)C(=O)N1CC(=O)c2c(Nc3ccccc3)c(C3=CCNC=C3)n(N)c2C1. The summed E-state index contributed by atoms with van der Waals surface area (Å²) in [5.41, 5.74) is 4.43. The average Bonchev–Trinajstić information content (AvgIpc) is 3.00. The monoisotopic (exact) mass is 391 g/mol. The molecule has 150 valence electrons. The maximum Gasteiger partial charge on any atom is 0.225 e. The Morgan fingerprint density at radius 3 is 2.62 bits per heavy atom. The average molecular weight is 391 g/mol. The maximum atomic E-state index is 13.1. The number of fused-ring (bicyclic) bond motifs is 1. The molecule has 0 atom stereocenters. The van der Waals surface area contributed by atoms with Crippen LogP contribution in [0.4, 0.5) is 11.4 Å². The molecule has 29 heavy (non-hydrogen) atoms. The molecule has 7 heteroatoms. The summed E-state index contributed by atoms with van der Waals surface area (Å²) in [6, 6.07) is 9.69. The number of aromatic nitrogens is 1. The van der Waals surface area contributed by atoms with Crippen molar-refractivity contribution in [1.29, 1.82) is 0 Å². The minimum absolute atomic E-state index is 0.0507. The van der Waals surface area contributed by atoms with Crippen LogP contribution < -0.4 is 16.5 Å². The molecule has 0 saturated heterocycles. The first-order valence-electron chi connectivity index (χ1n) is 9.74. The molecule has 0 fully saturated rings. The van der Waals surface area contributed by atoms with Gasteiger partial charge < -0.3 is 21.4 Å². The molecule has 3 heterocycles. The first kappa shape index (κ1) is 18.9. The molecule has 0 bridgehead atoms. The van der Waals surface area contributed by atoms with Crippen LogP contribution in [0.3, 0.4) is 0 Å². The molecule has 1 aromatic carbocycles. The Kier molecular flexibility index (Phi) is 4.88. The quantitative estimate of drug-likeness (QED) is 0.697. The van der Waals surface area contributed by atoms with Gasteiger partial charge in [0.2, 0.25) is 5.91 Å². The number of hydrogen-bond donors (Lipinski definition) is 3. The van der Waals surface area contributed by atoms with E-state index < -0.39 is 0 Å². The van der Waals surface area contributed by atoms with Crippen LogP contribution in [-0.2, 0) is 11.3 Å². The fraction of sp³-hybridized carbons (Fsp3) is 0.273. The number of hydrogen-bond acceptors (Lipinski definition) is 5. The van der Waals surface area contributed by atoms with Crippen LogP contribution in [0, 0.1) is 5.92 Å². The summed E-state index contributed by atoms with van der Waals surface area (Å²) in [6.45, 7) is 4.73. The molecule has 2 aromatic rings. The third kappa shape index (κ3) is 3.40. The van der Waals surface area contributed by atoms with Crippen LogP contribution in [0.2, 0.25) is 0 Å². The molecule has 2 aliphatic rings. The van der Waals surface area contributed by atoms with Gasteiger partial charge in [0.05, 0.1) is 35.7 Å². The summed E-state index contributed by atoms with van der Waals surface area (Å²) in [4.78, 5) is 27.2. The zero-order valence-electron chi connectivity index (χ0n) is 16.6. The van der Waals surface area contributed by atoms with Crippen molar-refractivity contribution in [2.45, 2.75) is 20.4 Å². The van der Waals surface area contributed by atoms with Crippen LogP contribution in [0.5, 0.6) is 0 Å². The first-order valence-corrected chi connectivity index (χ1v) is 9.74. The van der Waals surface area contributed by atoms with Crippen molar-refractivity contribution in [3.63, 3.8) is 0 Å². The number of amides is 1. The highest BCUT2D eigenvalue weighted by Gasteiger charge is 2.35. The van der Waals surface area contributed by atoms with Crippen molar-refractivity contribution in [2.24, 2.45) is 5.92 Å². The molecule has 1 amide bonds. The van der Waals surface area contributed by atoms with Crippen molar-refractivity contribution >= 4 is 28.6 Å². The zero-order chi connectivity index (χ0) is 20.5. The van der Waals surface area contributed by atoms with Crippen molar-refractivity contribution in [1.82, 2.24) is 14.9 Å². The van der Waals surface area contributed by atoms with Crippen LogP contribution in [0.15, 0.2) is 48.7 Å². The van der Waals surface area contributed by atoms with Crippen LogP contribution in [0.25, 0.3) is 5.57 Å². The number of rotatable bonds is 4. The van der Waals surface area contributed by atoms with Crippen molar-refractivity contribution < 1.29 is 9.59 Å². The van der Waals surface area contributed by atoms with Gasteiger partial charge in [0.1, 0.15) is 0 Å². The van der Waals surface area contributed by atoms with E-state index in [0.717, 1.165) is 17.0 Å². The van der Waals surface area contributed by atoms with E-state index in [9.17, 15) is 9.59 Å². The van der Waals surface area contributed by atoms with Gasteiger partial charge in [-0.05, 0) is 24.4 Å². The lowest BCUT2D eigenvalue weighted by atomic mass is 10.0. The van der Waals surface area contributed by atoms with Crippen molar-refractivity contribution in [3.05, 3.63) is 65.6 Å². The van der Waals surface area contributed by atoms with E-state index in [4.69, 9.17) is 5.84 Å². The van der Waals surface area contributed by atoms with Crippen molar-refractivity contribution in [2.75, 3.05) is 24.2 Å². The number of allylic oxidation sites excluding steroid dienone is 2.